The molecule has 2 amide bonds. The van der Waals surface area contributed by atoms with Crippen LogP contribution in [-0.2, 0) is 19.1 Å². The first-order chi connectivity index (χ1) is 14.7. The van der Waals surface area contributed by atoms with Crippen LogP contribution in [0.4, 0.5) is 0 Å². The fraction of sp³-hybridized carbons (Fsp3) is 0.500. The van der Waals surface area contributed by atoms with E-state index in [4.69, 9.17) is 4.74 Å². The third-order valence-corrected chi connectivity index (χ3v) is 5.07. The number of carbonyl (C=O) groups excluding carboxylic acids is 2. The van der Waals surface area contributed by atoms with Gasteiger partial charge < -0.3 is 19.7 Å². The van der Waals surface area contributed by atoms with Gasteiger partial charge in [-0.1, -0.05) is 44.2 Å². The second-order valence-corrected chi connectivity index (χ2v) is 7.07. The van der Waals surface area contributed by atoms with Crippen molar-refractivity contribution in [2.24, 2.45) is 0 Å². The second kappa shape index (κ2) is 12.3. The zero-order chi connectivity index (χ0) is 21.9. The van der Waals surface area contributed by atoms with Crippen LogP contribution < -0.4 is 5.32 Å². The Morgan fingerprint density at radius 3 is 2.70 bits per heavy atom. The molecule has 0 aromatic carbocycles. The summed E-state index contributed by atoms with van der Waals surface area (Å²) in [7, 11) is 3.25. The molecule has 2 aliphatic heterocycles. The number of carbonyl (C=O) groups is 2. The van der Waals surface area contributed by atoms with Crippen molar-refractivity contribution in [3.05, 3.63) is 58.9 Å². The predicted octanol–water partition coefficient (Wildman–Crippen LogP) is 3.44. The highest BCUT2D eigenvalue weighted by molar-refractivity contribution is 6.00. The monoisotopic (exact) mass is 414 g/mol. The molecule has 2 aliphatic carbocycles. The molecular weight excluding hydrogens is 380 g/mol. The normalized spacial score (nSPS) is 23.1. The van der Waals surface area contributed by atoms with Crippen LogP contribution in [0.5, 0.6) is 0 Å². The van der Waals surface area contributed by atoms with Gasteiger partial charge in [-0.3, -0.25) is 9.59 Å². The number of methoxy groups -OCH3 is 1. The van der Waals surface area contributed by atoms with E-state index >= 15 is 0 Å². The lowest BCUT2D eigenvalue weighted by Crippen LogP contribution is -2.47. The second-order valence-electron chi connectivity index (χ2n) is 7.07. The SMILES string of the molecule is CC.COC.O=C1NCC2=C1C=C(N1CCOC(C3=CCC=CC=C3)C1=O)CCC2. The van der Waals surface area contributed by atoms with E-state index in [0.717, 1.165) is 48.1 Å². The Labute approximate surface area is 180 Å². The summed E-state index contributed by atoms with van der Waals surface area (Å²) in [5.41, 5.74) is 3.77. The number of hydrogen-bond donors (Lipinski definition) is 1. The number of allylic oxidation sites excluding steroid dienone is 5. The van der Waals surface area contributed by atoms with Crippen LogP contribution in [0.2, 0.25) is 0 Å². The summed E-state index contributed by atoms with van der Waals surface area (Å²) >= 11 is 0. The van der Waals surface area contributed by atoms with Crippen LogP contribution in [0.25, 0.3) is 0 Å². The van der Waals surface area contributed by atoms with Crippen LogP contribution in [0.3, 0.4) is 0 Å². The van der Waals surface area contributed by atoms with Crippen LogP contribution in [0, 0.1) is 0 Å². The molecule has 1 saturated heterocycles. The Morgan fingerprint density at radius 2 is 1.93 bits per heavy atom. The van der Waals surface area contributed by atoms with Crippen molar-refractivity contribution >= 4 is 11.8 Å². The van der Waals surface area contributed by atoms with Crippen LogP contribution in [0.1, 0.15) is 39.5 Å². The summed E-state index contributed by atoms with van der Waals surface area (Å²) in [5, 5.41) is 2.88. The summed E-state index contributed by atoms with van der Waals surface area (Å²) in [5.74, 6) is -0.0510. The van der Waals surface area contributed by atoms with E-state index in [9.17, 15) is 9.59 Å². The van der Waals surface area contributed by atoms with Crippen molar-refractivity contribution < 1.29 is 19.1 Å². The molecule has 4 rings (SSSR count). The third-order valence-electron chi connectivity index (χ3n) is 5.07. The Morgan fingerprint density at radius 1 is 1.17 bits per heavy atom. The number of hydrogen-bond acceptors (Lipinski definition) is 4. The fourth-order valence-electron chi connectivity index (χ4n) is 3.76. The Bertz CT molecular complexity index is 774. The molecule has 30 heavy (non-hydrogen) atoms. The zero-order valence-electron chi connectivity index (χ0n) is 18.6. The molecule has 0 aromatic heterocycles. The zero-order valence-corrected chi connectivity index (χ0v) is 18.6. The molecule has 6 nitrogen and oxygen atoms in total. The summed E-state index contributed by atoms with van der Waals surface area (Å²) < 4.78 is 10.0. The Kier molecular flexibility index (Phi) is 9.77. The van der Waals surface area contributed by atoms with Crippen LogP contribution in [0.15, 0.2) is 58.9 Å². The molecule has 1 unspecified atom stereocenters. The molecule has 0 spiro atoms. The van der Waals surface area contributed by atoms with Crippen molar-refractivity contribution in [1.82, 2.24) is 10.2 Å². The van der Waals surface area contributed by atoms with E-state index < -0.39 is 6.10 Å². The highest BCUT2D eigenvalue weighted by atomic mass is 16.5. The molecule has 0 bridgehead atoms. The highest BCUT2D eigenvalue weighted by Crippen LogP contribution is 2.30. The standard InChI is InChI=1S/C20H22N2O3.C2H6O.C2H6/c23-19-17-12-16(9-5-8-15(17)13-21-19)22-10-11-25-18(20(22)24)14-6-3-1-2-4-7-14;1-3-2;1-2/h1-3,6-7,12,18H,4-5,8-11,13H2,(H,21,23);1-2H3;1-2H3. The third kappa shape index (κ3) is 5.80. The van der Waals surface area contributed by atoms with Gasteiger partial charge in [0, 0.05) is 38.6 Å². The molecule has 1 atom stereocenters. The summed E-state index contributed by atoms with van der Waals surface area (Å²) in [6.45, 7) is 5.69. The van der Waals surface area contributed by atoms with Crippen molar-refractivity contribution in [3.63, 3.8) is 0 Å². The minimum absolute atomic E-state index is 0.0212. The van der Waals surface area contributed by atoms with Gasteiger partial charge in [0.1, 0.15) is 0 Å². The maximum absolute atomic E-state index is 13.1. The molecule has 0 aromatic rings. The fourth-order valence-corrected chi connectivity index (χ4v) is 3.76. The number of nitrogens with one attached hydrogen (secondary N) is 1. The summed E-state index contributed by atoms with van der Waals surface area (Å²) in [6, 6.07) is 0. The van der Waals surface area contributed by atoms with E-state index in [1.807, 2.05) is 49.1 Å². The van der Waals surface area contributed by atoms with Crippen LogP contribution >= 0.6 is 0 Å². The van der Waals surface area contributed by atoms with Gasteiger partial charge in [0.05, 0.1) is 6.61 Å². The minimum Gasteiger partial charge on any atom is -0.388 e. The van der Waals surface area contributed by atoms with Gasteiger partial charge in [-0.15, -0.1) is 0 Å². The number of morpholine rings is 1. The molecule has 164 valence electrons. The summed E-state index contributed by atoms with van der Waals surface area (Å²) in [4.78, 5) is 26.9. The van der Waals surface area contributed by atoms with Gasteiger partial charge in [-0.2, -0.15) is 0 Å². The molecule has 1 N–H and O–H groups in total. The number of ether oxygens (including phenoxy) is 2. The minimum atomic E-state index is -0.556. The average Bonchev–Trinajstić information content (AvgIpc) is 2.97. The van der Waals surface area contributed by atoms with Gasteiger partial charge >= 0.3 is 0 Å². The van der Waals surface area contributed by atoms with E-state index in [1.54, 1.807) is 14.2 Å². The lowest BCUT2D eigenvalue weighted by Gasteiger charge is -2.34. The molecule has 0 saturated carbocycles. The van der Waals surface area contributed by atoms with Crippen molar-refractivity contribution in [3.8, 4) is 0 Å². The molecule has 6 heteroatoms. The Hall–Kier alpha value is -2.44. The van der Waals surface area contributed by atoms with Gasteiger partial charge in [-0.05, 0) is 42.9 Å². The average molecular weight is 415 g/mol. The van der Waals surface area contributed by atoms with Gasteiger partial charge in [0.15, 0.2) is 6.10 Å². The van der Waals surface area contributed by atoms with E-state index in [1.165, 1.54) is 0 Å². The molecule has 4 aliphatic rings. The Balaban J connectivity index is 0.000000590. The maximum atomic E-state index is 13.1. The number of rotatable bonds is 2. The lowest BCUT2D eigenvalue weighted by molar-refractivity contribution is -0.146. The van der Waals surface area contributed by atoms with Crippen molar-refractivity contribution in [2.75, 3.05) is 33.9 Å². The molecule has 0 radical (unpaired) electrons. The topological polar surface area (TPSA) is 67.9 Å². The van der Waals surface area contributed by atoms with Gasteiger partial charge in [0.25, 0.3) is 11.8 Å². The first kappa shape index (κ1) is 23.8. The maximum Gasteiger partial charge on any atom is 0.260 e. The molecule has 1 fully saturated rings. The van der Waals surface area contributed by atoms with Gasteiger partial charge in [0.2, 0.25) is 0 Å². The largest absolute Gasteiger partial charge is 0.388 e. The lowest BCUT2D eigenvalue weighted by atomic mass is 10.0. The predicted molar refractivity (Wildman–Crippen MR) is 119 cm³/mol. The smallest absolute Gasteiger partial charge is 0.260 e. The van der Waals surface area contributed by atoms with Gasteiger partial charge in [-0.25, -0.2) is 0 Å². The first-order valence-electron chi connectivity index (χ1n) is 10.7. The van der Waals surface area contributed by atoms with Crippen LogP contribution in [-0.4, -0.2) is 56.7 Å². The van der Waals surface area contributed by atoms with Crippen molar-refractivity contribution in [1.29, 1.82) is 0 Å². The number of amides is 2. The van der Waals surface area contributed by atoms with E-state index in [-0.39, 0.29) is 11.8 Å². The summed E-state index contributed by atoms with van der Waals surface area (Å²) in [6.07, 6.45) is 14.8. The molecular formula is C24H34N2O4. The van der Waals surface area contributed by atoms with E-state index in [2.05, 4.69) is 16.1 Å². The quantitative estimate of drug-likeness (QED) is 0.752. The first-order valence-corrected chi connectivity index (χ1v) is 10.7. The number of nitrogens with zero attached hydrogens (tertiary/aromatic N) is 1. The highest BCUT2D eigenvalue weighted by Gasteiger charge is 2.34. The van der Waals surface area contributed by atoms with E-state index in [0.29, 0.717) is 19.7 Å². The van der Waals surface area contributed by atoms with Crippen molar-refractivity contribution in [2.45, 2.75) is 45.6 Å². The molecule has 2 heterocycles.